The van der Waals surface area contributed by atoms with E-state index < -0.39 is 0 Å². The maximum Gasteiger partial charge on any atom is 0.160 e. The minimum Gasteiger partial charge on any atom is -0.497 e. The molecule has 0 amide bonds. The van der Waals surface area contributed by atoms with Gasteiger partial charge in [0.15, 0.2) is 5.65 Å². The van der Waals surface area contributed by atoms with Crippen molar-refractivity contribution in [2.45, 2.75) is 6.54 Å². The Bertz CT molecular complexity index is 703. The largest absolute Gasteiger partial charge is 0.497 e. The Morgan fingerprint density at radius 2 is 2.05 bits per heavy atom. The quantitative estimate of drug-likeness (QED) is 0.774. The van der Waals surface area contributed by atoms with Crippen molar-refractivity contribution in [1.82, 2.24) is 14.6 Å². The van der Waals surface area contributed by atoms with Gasteiger partial charge in [0.1, 0.15) is 5.75 Å². The first-order chi connectivity index (χ1) is 9.33. The van der Waals surface area contributed by atoms with E-state index in [1.165, 1.54) is 0 Å². The Hall–Kier alpha value is -2.40. The lowest BCUT2D eigenvalue weighted by Crippen LogP contribution is -1.98. The van der Waals surface area contributed by atoms with Crippen LogP contribution in [0.4, 0.5) is 0 Å². The van der Waals surface area contributed by atoms with Gasteiger partial charge in [-0.2, -0.15) is 5.10 Å². The molecule has 96 valence electrons. The molecule has 0 aliphatic rings. The van der Waals surface area contributed by atoms with Gasteiger partial charge >= 0.3 is 0 Å². The van der Waals surface area contributed by atoms with Crippen molar-refractivity contribution in [1.29, 1.82) is 0 Å². The third-order valence-electron chi connectivity index (χ3n) is 3.06. The van der Waals surface area contributed by atoms with Crippen LogP contribution in [0.3, 0.4) is 0 Å². The van der Waals surface area contributed by atoms with E-state index in [1.807, 2.05) is 36.5 Å². The van der Waals surface area contributed by atoms with E-state index in [0.717, 1.165) is 28.2 Å². The SMILES string of the molecule is COc1ccc(-c2nn3cccnc3c2CN)cc1. The number of nitrogens with two attached hydrogens (primary N) is 1. The molecule has 2 aromatic heterocycles. The summed E-state index contributed by atoms with van der Waals surface area (Å²) in [5.41, 5.74) is 9.46. The van der Waals surface area contributed by atoms with Gasteiger partial charge in [-0.1, -0.05) is 0 Å². The second kappa shape index (κ2) is 4.70. The lowest BCUT2D eigenvalue weighted by molar-refractivity contribution is 0.415. The standard InChI is InChI=1S/C14H14N4O/c1-19-11-5-3-10(4-6-11)13-12(9-15)14-16-7-2-8-18(14)17-13/h2-8H,9,15H2,1H3. The van der Waals surface area contributed by atoms with Crippen LogP contribution in [0.2, 0.25) is 0 Å². The lowest BCUT2D eigenvalue weighted by Gasteiger charge is -2.02. The molecule has 2 heterocycles. The summed E-state index contributed by atoms with van der Waals surface area (Å²) in [4.78, 5) is 4.33. The van der Waals surface area contributed by atoms with Crippen LogP contribution in [-0.2, 0) is 6.54 Å². The van der Waals surface area contributed by atoms with Gasteiger partial charge < -0.3 is 10.5 Å². The molecule has 2 N–H and O–H groups in total. The molecule has 5 heteroatoms. The van der Waals surface area contributed by atoms with Gasteiger partial charge in [-0.25, -0.2) is 9.50 Å². The molecule has 0 spiro atoms. The highest BCUT2D eigenvalue weighted by molar-refractivity contribution is 5.70. The maximum atomic E-state index is 5.84. The second-order valence-electron chi connectivity index (χ2n) is 4.15. The average Bonchev–Trinajstić information content (AvgIpc) is 2.85. The fraction of sp³-hybridized carbons (Fsp3) is 0.143. The minimum absolute atomic E-state index is 0.405. The maximum absolute atomic E-state index is 5.84. The predicted molar refractivity (Wildman–Crippen MR) is 72.9 cm³/mol. The van der Waals surface area contributed by atoms with Crippen LogP contribution in [0.15, 0.2) is 42.7 Å². The molecule has 19 heavy (non-hydrogen) atoms. The zero-order valence-electron chi connectivity index (χ0n) is 10.6. The summed E-state index contributed by atoms with van der Waals surface area (Å²) < 4.78 is 6.91. The summed E-state index contributed by atoms with van der Waals surface area (Å²) >= 11 is 0. The molecule has 0 aliphatic heterocycles. The van der Waals surface area contributed by atoms with Crippen LogP contribution in [0, 0.1) is 0 Å². The first-order valence-electron chi connectivity index (χ1n) is 6.00. The number of hydrogen-bond acceptors (Lipinski definition) is 4. The van der Waals surface area contributed by atoms with Crippen molar-refractivity contribution in [2.75, 3.05) is 7.11 Å². The van der Waals surface area contributed by atoms with Crippen molar-refractivity contribution in [2.24, 2.45) is 5.73 Å². The summed E-state index contributed by atoms with van der Waals surface area (Å²) in [6.07, 6.45) is 3.61. The Labute approximate surface area is 110 Å². The summed E-state index contributed by atoms with van der Waals surface area (Å²) in [6.45, 7) is 0.405. The molecule has 5 nitrogen and oxygen atoms in total. The van der Waals surface area contributed by atoms with Gasteiger partial charge in [-0.05, 0) is 30.3 Å². The van der Waals surface area contributed by atoms with E-state index >= 15 is 0 Å². The smallest absolute Gasteiger partial charge is 0.160 e. The Morgan fingerprint density at radius 1 is 1.26 bits per heavy atom. The topological polar surface area (TPSA) is 65.4 Å². The zero-order chi connectivity index (χ0) is 13.2. The molecule has 0 saturated heterocycles. The van der Waals surface area contributed by atoms with E-state index in [4.69, 9.17) is 10.5 Å². The lowest BCUT2D eigenvalue weighted by atomic mass is 10.1. The van der Waals surface area contributed by atoms with Gasteiger partial charge in [-0.15, -0.1) is 0 Å². The number of rotatable bonds is 3. The van der Waals surface area contributed by atoms with Gasteiger partial charge in [0.05, 0.1) is 12.8 Å². The van der Waals surface area contributed by atoms with E-state index in [9.17, 15) is 0 Å². The zero-order valence-corrected chi connectivity index (χ0v) is 10.6. The van der Waals surface area contributed by atoms with Gasteiger partial charge in [0.2, 0.25) is 0 Å². The molecule has 0 radical (unpaired) electrons. The number of ether oxygens (including phenoxy) is 1. The molecule has 0 fully saturated rings. The molecule has 0 unspecified atom stereocenters. The first kappa shape index (κ1) is 11.7. The van der Waals surface area contributed by atoms with Crippen LogP contribution in [0.5, 0.6) is 5.75 Å². The van der Waals surface area contributed by atoms with Crippen molar-refractivity contribution in [3.05, 3.63) is 48.3 Å². The molecule has 1 aromatic carbocycles. The predicted octanol–water partition coefficient (Wildman–Crippen LogP) is 1.86. The summed E-state index contributed by atoms with van der Waals surface area (Å²) in [6, 6.07) is 9.61. The van der Waals surface area contributed by atoms with Crippen molar-refractivity contribution in [3.63, 3.8) is 0 Å². The van der Waals surface area contributed by atoms with Gasteiger partial charge in [0.25, 0.3) is 0 Å². The van der Waals surface area contributed by atoms with E-state index in [1.54, 1.807) is 17.8 Å². The number of hydrogen-bond donors (Lipinski definition) is 1. The van der Waals surface area contributed by atoms with Crippen molar-refractivity contribution >= 4 is 5.65 Å². The van der Waals surface area contributed by atoms with Gasteiger partial charge in [-0.3, -0.25) is 0 Å². The fourth-order valence-corrected chi connectivity index (χ4v) is 2.10. The minimum atomic E-state index is 0.405. The first-order valence-corrected chi connectivity index (χ1v) is 6.00. The molecule has 0 saturated carbocycles. The van der Waals surface area contributed by atoms with Crippen LogP contribution < -0.4 is 10.5 Å². The highest BCUT2D eigenvalue weighted by Gasteiger charge is 2.13. The highest BCUT2D eigenvalue weighted by Crippen LogP contribution is 2.26. The molecule has 0 aliphatic carbocycles. The Kier molecular flexibility index (Phi) is 2.89. The third kappa shape index (κ3) is 1.94. The third-order valence-corrected chi connectivity index (χ3v) is 3.06. The van der Waals surface area contributed by atoms with Crippen LogP contribution >= 0.6 is 0 Å². The van der Waals surface area contributed by atoms with Gasteiger partial charge in [0, 0.05) is 30.1 Å². The number of fused-ring (bicyclic) bond motifs is 1. The Morgan fingerprint density at radius 3 is 2.74 bits per heavy atom. The molecule has 3 aromatic rings. The average molecular weight is 254 g/mol. The van der Waals surface area contributed by atoms with Crippen LogP contribution in [-0.4, -0.2) is 21.7 Å². The highest BCUT2D eigenvalue weighted by atomic mass is 16.5. The molecule has 3 rings (SSSR count). The molecule has 0 atom stereocenters. The molecule has 0 bridgehead atoms. The molecular weight excluding hydrogens is 240 g/mol. The van der Waals surface area contributed by atoms with E-state index in [2.05, 4.69) is 10.1 Å². The number of benzene rings is 1. The fourth-order valence-electron chi connectivity index (χ4n) is 2.10. The monoisotopic (exact) mass is 254 g/mol. The van der Waals surface area contributed by atoms with Crippen molar-refractivity contribution in [3.8, 4) is 17.0 Å². The summed E-state index contributed by atoms with van der Waals surface area (Å²) in [5, 5.41) is 4.54. The summed E-state index contributed by atoms with van der Waals surface area (Å²) in [5.74, 6) is 0.819. The van der Waals surface area contributed by atoms with E-state index in [-0.39, 0.29) is 0 Å². The number of nitrogens with zero attached hydrogens (tertiary/aromatic N) is 3. The summed E-state index contributed by atoms with van der Waals surface area (Å²) in [7, 11) is 1.65. The Balaban J connectivity index is 2.17. The van der Waals surface area contributed by atoms with Crippen molar-refractivity contribution < 1.29 is 4.74 Å². The number of aromatic nitrogens is 3. The van der Waals surface area contributed by atoms with E-state index in [0.29, 0.717) is 6.54 Å². The van der Waals surface area contributed by atoms with Crippen LogP contribution in [0.25, 0.3) is 16.9 Å². The second-order valence-corrected chi connectivity index (χ2v) is 4.15. The normalized spacial score (nSPS) is 10.8. The molecular formula is C14H14N4O. The number of methoxy groups -OCH3 is 1. The van der Waals surface area contributed by atoms with Crippen LogP contribution in [0.1, 0.15) is 5.56 Å².